The van der Waals surface area contributed by atoms with Crippen molar-refractivity contribution in [3.63, 3.8) is 0 Å². The van der Waals surface area contributed by atoms with E-state index < -0.39 is 42.0 Å². The topological polar surface area (TPSA) is 146 Å². The van der Waals surface area contributed by atoms with E-state index in [1.807, 2.05) is 27.7 Å². The summed E-state index contributed by atoms with van der Waals surface area (Å²) in [7, 11) is 0. The summed E-state index contributed by atoms with van der Waals surface area (Å²) < 4.78 is 21.2. The Balaban J connectivity index is 5.37. The van der Waals surface area contributed by atoms with Gasteiger partial charge in [-0.05, 0) is 52.0 Å². The second kappa shape index (κ2) is 27.8. The van der Waals surface area contributed by atoms with Crippen LogP contribution in [0.15, 0.2) is 0 Å². The number of hydrogen-bond acceptors (Lipinski definition) is 11. The molecular weight excluding hydrogens is 580 g/mol. The summed E-state index contributed by atoms with van der Waals surface area (Å²) in [5.74, 6) is -2.26. The first-order valence-corrected chi connectivity index (χ1v) is 17.3. The van der Waals surface area contributed by atoms with Gasteiger partial charge in [0.1, 0.15) is 12.1 Å². The molecule has 0 aliphatic heterocycles. The Kier molecular flexibility index (Phi) is 26.2. The highest BCUT2D eigenvalue weighted by Gasteiger charge is 2.31. The zero-order chi connectivity index (χ0) is 33.9. The van der Waals surface area contributed by atoms with Crippen molar-refractivity contribution < 1.29 is 42.9 Å². The third kappa shape index (κ3) is 21.0. The van der Waals surface area contributed by atoms with Crippen LogP contribution in [0, 0.1) is 5.92 Å². The molecule has 11 heteroatoms. The fourth-order valence-electron chi connectivity index (χ4n) is 4.51. The van der Waals surface area contributed by atoms with Crippen LogP contribution in [0.5, 0.6) is 0 Å². The lowest BCUT2D eigenvalue weighted by Crippen LogP contribution is -2.49. The molecule has 45 heavy (non-hydrogen) atoms. The van der Waals surface area contributed by atoms with E-state index in [-0.39, 0.29) is 44.4 Å². The summed E-state index contributed by atoms with van der Waals surface area (Å²) in [6.07, 6.45) is 8.67. The second-order valence-corrected chi connectivity index (χ2v) is 11.5. The standard InChI is InChI=1S/C34H62N2O9/c1-7-12-18-26(6)32(39)28(24-30(37)43-21-13-8-2)35-20-17-16-19-27(33(40)42-11-5)36-29(34(41)45-23-15-10-4)25-31(38)44-22-14-9-3/h26-29,35-36H,7-25H2,1-6H3. The van der Waals surface area contributed by atoms with Gasteiger partial charge in [-0.25, -0.2) is 0 Å². The molecule has 262 valence electrons. The summed E-state index contributed by atoms with van der Waals surface area (Å²) in [6.45, 7) is 13.1. The predicted octanol–water partition coefficient (Wildman–Crippen LogP) is 5.21. The Bertz CT molecular complexity index is 836. The third-order valence-electron chi connectivity index (χ3n) is 7.39. The number of carbonyl (C=O) groups excluding carboxylic acids is 5. The van der Waals surface area contributed by atoms with Crippen LogP contribution in [0.4, 0.5) is 0 Å². The molecule has 0 aliphatic carbocycles. The van der Waals surface area contributed by atoms with Crippen LogP contribution >= 0.6 is 0 Å². The van der Waals surface area contributed by atoms with Gasteiger partial charge in [0, 0.05) is 5.92 Å². The van der Waals surface area contributed by atoms with Crippen molar-refractivity contribution in [3.05, 3.63) is 0 Å². The minimum atomic E-state index is -1.06. The summed E-state index contributed by atoms with van der Waals surface area (Å²) >= 11 is 0. The molecule has 0 saturated carbocycles. The monoisotopic (exact) mass is 642 g/mol. The molecule has 0 aromatic carbocycles. The van der Waals surface area contributed by atoms with Gasteiger partial charge in [-0.1, -0.05) is 73.1 Å². The number of unbranched alkanes of at least 4 members (excludes halogenated alkanes) is 5. The molecule has 0 fully saturated rings. The highest BCUT2D eigenvalue weighted by Crippen LogP contribution is 2.14. The number of rotatable bonds is 29. The lowest BCUT2D eigenvalue weighted by atomic mass is 9.93. The van der Waals surface area contributed by atoms with Gasteiger partial charge in [0.15, 0.2) is 5.78 Å². The van der Waals surface area contributed by atoms with Crippen molar-refractivity contribution in [1.29, 1.82) is 0 Å². The molecular formula is C34H62N2O9. The minimum Gasteiger partial charge on any atom is -0.466 e. The zero-order valence-electron chi connectivity index (χ0n) is 28.9. The fraction of sp³-hybridized carbons (Fsp3) is 0.853. The molecule has 0 aromatic rings. The predicted molar refractivity (Wildman–Crippen MR) is 174 cm³/mol. The van der Waals surface area contributed by atoms with Crippen molar-refractivity contribution in [2.75, 3.05) is 33.0 Å². The van der Waals surface area contributed by atoms with Gasteiger partial charge in [0.2, 0.25) is 0 Å². The first-order chi connectivity index (χ1) is 21.6. The van der Waals surface area contributed by atoms with E-state index in [1.54, 1.807) is 6.92 Å². The van der Waals surface area contributed by atoms with Crippen LogP contribution in [0.25, 0.3) is 0 Å². The quantitative estimate of drug-likeness (QED) is 0.0630. The smallest absolute Gasteiger partial charge is 0.323 e. The first-order valence-electron chi connectivity index (χ1n) is 17.3. The molecule has 0 rings (SSSR count). The Morgan fingerprint density at radius 2 is 1.07 bits per heavy atom. The SMILES string of the molecule is CCCCOC(=O)CC(NC(CCCCNC(CC(=O)OCCCC)C(=O)C(C)CCCC)C(=O)OCC)C(=O)OCCCC. The third-order valence-corrected chi connectivity index (χ3v) is 7.39. The molecule has 0 saturated heterocycles. The summed E-state index contributed by atoms with van der Waals surface area (Å²) in [5.41, 5.74) is 0. The lowest BCUT2D eigenvalue weighted by Gasteiger charge is -2.24. The van der Waals surface area contributed by atoms with Crippen LogP contribution in [-0.4, -0.2) is 80.8 Å². The van der Waals surface area contributed by atoms with E-state index in [9.17, 15) is 24.0 Å². The van der Waals surface area contributed by atoms with Crippen LogP contribution in [-0.2, 0) is 42.9 Å². The molecule has 0 heterocycles. The number of ketones is 1. The fourth-order valence-corrected chi connectivity index (χ4v) is 4.51. The van der Waals surface area contributed by atoms with Crippen LogP contribution in [0.2, 0.25) is 0 Å². The molecule has 0 aliphatic rings. The maximum atomic E-state index is 13.2. The highest BCUT2D eigenvalue weighted by atomic mass is 16.5. The van der Waals surface area contributed by atoms with Crippen LogP contribution in [0.1, 0.15) is 131 Å². The molecule has 0 radical (unpaired) electrons. The van der Waals surface area contributed by atoms with Crippen molar-refractivity contribution >= 4 is 29.7 Å². The molecule has 0 amide bonds. The van der Waals surface area contributed by atoms with Gasteiger partial charge >= 0.3 is 23.9 Å². The van der Waals surface area contributed by atoms with E-state index in [4.69, 9.17) is 18.9 Å². The largest absolute Gasteiger partial charge is 0.466 e. The zero-order valence-corrected chi connectivity index (χ0v) is 28.9. The Morgan fingerprint density at radius 1 is 0.556 bits per heavy atom. The molecule has 0 aromatic heterocycles. The van der Waals surface area contributed by atoms with Crippen LogP contribution < -0.4 is 10.6 Å². The van der Waals surface area contributed by atoms with Crippen molar-refractivity contribution in [2.24, 2.45) is 5.92 Å². The molecule has 11 nitrogen and oxygen atoms in total. The van der Waals surface area contributed by atoms with E-state index in [0.29, 0.717) is 45.3 Å². The Hall–Kier alpha value is -2.53. The summed E-state index contributed by atoms with van der Waals surface area (Å²) in [5, 5.41) is 6.25. The van der Waals surface area contributed by atoms with E-state index in [1.165, 1.54) is 0 Å². The van der Waals surface area contributed by atoms with Crippen molar-refractivity contribution in [2.45, 2.75) is 150 Å². The average molecular weight is 643 g/mol. The average Bonchev–Trinajstić information content (AvgIpc) is 3.01. The van der Waals surface area contributed by atoms with E-state index >= 15 is 0 Å². The molecule has 4 atom stereocenters. The number of ether oxygens (including phenoxy) is 4. The lowest BCUT2D eigenvalue weighted by molar-refractivity contribution is -0.155. The number of Topliss-reactive ketones (excluding diaryl/α,β-unsaturated/α-hetero) is 1. The van der Waals surface area contributed by atoms with Gasteiger partial charge in [0.25, 0.3) is 0 Å². The van der Waals surface area contributed by atoms with Crippen molar-refractivity contribution in [3.8, 4) is 0 Å². The summed E-state index contributed by atoms with van der Waals surface area (Å²) in [4.78, 5) is 63.8. The number of hydrogen-bond donors (Lipinski definition) is 2. The number of carbonyl (C=O) groups is 5. The van der Waals surface area contributed by atoms with E-state index in [2.05, 4.69) is 17.6 Å². The summed E-state index contributed by atoms with van der Waals surface area (Å²) in [6, 6.07) is -2.56. The first kappa shape index (κ1) is 42.5. The number of nitrogens with one attached hydrogen (secondary N) is 2. The van der Waals surface area contributed by atoms with Gasteiger partial charge in [0.05, 0.1) is 45.3 Å². The van der Waals surface area contributed by atoms with Crippen LogP contribution in [0.3, 0.4) is 0 Å². The molecule has 4 unspecified atom stereocenters. The minimum absolute atomic E-state index is 0.00258. The number of esters is 4. The molecule has 2 N–H and O–H groups in total. The normalized spacial score (nSPS) is 13.7. The van der Waals surface area contributed by atoms with Gasteiger partial charge in [-0.15, -0.1) is 0 Å². The van der Waals surface area contributed by atoms with E-state index in [0.717, 1.165) is 44.9 Å². The van der Waals surface area contributed by atoms with Gasteiger partial charge < -0.3 is 24.3 Å². The second-order valence-electron chi connectivity index (χ2n) is 11.5. The highest BCUT2D eigenvalue weighted by molar-refractivity contribution is 5.89. The molecule has 0 spiro atoms. The maximum absolute atomic E-state index is 13.2. The van der Waals surface area contributed by atoms with Gasteiger partial charge in [-0.2, -0.15) is 0 Å². The van der Waals surface area contributed by atoms with Gasteiger partial charge in [-0.3, -0.25) is 29.3 Å². The maximum Gasteiger partial charge on any atom is 0.323 e. The Labute approximate surface area is 271 Å². The van der Waals surface area contributed by atoms with Crippen molar-refractivity contribution in [1.82, 2.24) is 10.6 Å². The Morgan fingerprint density at radius 3 is 1.60 bits per heavy atom. The molecule has 0 bridgehead atoms.